The van der Waals surface area contributed by atoms with E-state index in [1.807, 2.05) is 40.5 Å². The molecule has 2 aliphatic rings. The number of nitrogens with zero attached hydrogens (tertiary/aromatic N) is 2. The average molecular weight is 494 g/mol. The van der Waals surface area contributed by atoms with Crippen molar-refractivity contribution >= 4 is 71.9 Å². The maximum atomic E-state index is 9.11. The van der Waals surface area contributed by atoms with E-state index in [0.29, 0.717) is 10.6 Å². The number of benzene rings is 1. The second kappa shape index (κ2) is 8.37. The summed E-state index contributed by atoms with van der Waals surface area (Å²) in [5.41, 5.74) is 7.72. The predicted molar refractivity (Wildman–Crippen MR) is 139 cm³/mol. The van der Waals surface area contributed by atoms with Gasteiger partial charge < -0.3 is 10.3 Å². The number of rotatable bonds is 1. The number of allylic oxidation sites excluding steroid dienone is 3. The molecule has 0 unspecified atom stereocenters. The molecule has 4 heterocycles. The van der Waals surface area contributed by atoms with E-state index >= 15 is 0 Å². The Balaban J connectivity index is 1.52. The topological polar surface area (TPSA) is 74.9 Å². The van der Waals surface area contributed by atoms with Crippen molar-refractivity contribution in [1.29, 1.82) is 10.7 Å². The lowest BCUT2D eigenvalue weighted by atomic mass is 10.2. The highest BCUT2D eigenvalue weighted by molar-refractivity contribution is 8.11. The van der Waals surface area contributed by atoms with Gasteiger partial charge in [-0.15, -0.1) is 22.7 Å². The molecule has 0 bridgehead atoms. The Morgan fingerprint density at radius 2 is 1.66 bits per heavy atom. The fourth-order valence-corrected chi connectivity index (χ4v) is 7.94. The quantitative estimate of drug-likeness (QED) is 0.341. The molecule has 160 valence electrons. The Hall–Kier alpha value is -2.64. The zero-order chi connectivity index (χ0) is 22.4. The van der Waals surface area contributed by atoms with E-state index in [2.05, 4.69) is 73.0 Å². The van der Waals surface area contributed by atoms with Crippen LogP contribution in [0.3, 0.4) is 0 Å². The van der Waals surface area contributed by atoms with Gasteiger partial charge in [0.05, 0.1) is 9.56 Å². The Morgan fingerprint density at radius 3 is 2.28 bits per heavy atom. The van der Waals surface area contributed by atoms with E-state index in [1.165, 1.54) is 51.1 Å². The average Bonchev–Trinajstić information content (AvgIpc) is 3.56. The summed E-state index contributed by atoms with van der Waals surface area (Å²) in [5.74, 6) is 0. The van der Waals surface area contributed by atoms with E-state index in [1.54, 1.807) is 0 Å². The molecule has 32 heavy (non-hydrogen) atoms. The van der Waals surface area contributed by atoms with Crippen LogP contribution >= 0.6 is 46.2 Å². The van der Waals surface area contributed by atoms with Crippen LogP contribution in [-0.2, 0) is 0 Å². The lowest BCUT2D eigenvalue weighted by Gasteiger charge is -2.13. The molecule has 2 aliphatic heterocycles. The maximum absolute atomic E-state index is 9.11. The fraction of sp³-hybridized carbons (Fsp3) is 0.130. The highest BCUT2D eigenvalue weighted by Crippen LogP contribution is 2.40. The molecule has 0 amide bonds. The van der Waals surface area contributed by atoms with E-state index in [0.717, 1.165) is 16.5 Å². The van der Waals surface area contributed by atoms with Crippen molar-refractivity contribution in [3.8, 4) is 6.07 Å². The molecule has 9 heteroatoms. The Labute approximate surface area is 201 Å². The number of fused-ring (bicyclic) bond motifs is 1. The second-order valence-electron chi connectivity index (χ2n) is 7.32. The number of hydrazine groups is 1. The Bertz CT molecular complexity index is 1540. The van der Waals surface area contributed by atoms with Crippen molar-refractivity contribution in [3.05, 3.63) is 77.1 Å². The van der Waals surface area contributed by atoms with Crippen LogP contribution in [-0.4, -0.2) is 18.2 Å². The molecule has 0 spiro atoms. The summed E-state index contributed by atoms with van der Waals surface area (Å²) >= 11 is 6.98. The van der Waals surface area contributed by atoms with Crippen molar-refractivity contribution in [2.45, 2.75) is 13.8 Å². The number of hydrogen-bond acceptors (Lipinski definition) is 9. The van der Waals surface area contributed by atoms with E-state index < -0.39 is 0 Å². The smallest absolute Gasteiger partial charge is 0.113 e. The lowest BCUT2D eigenvalue weighted by Crippen LogP contribution is -2.23. The van der Waals surface area contributed by atoms with Gasteiger partial charge in [0.15, 0.2) is 0 Å². The molecular weight excluding hydrogens is 475 g/mol. The first-order chi connectivity index (χ1) is 15.5. The minimum absolute atomic E-state index is 0.314. The molecule has 1 saturated heterocycles. The largest absolute Gasteiger partial charge is 0.341 e. The lowest BCUT2D eigenvalue weighted by molar-refractivity contribution is 0.616. The van der Waals surface area contributed by atoms with Crippen LogP contribution in [0.1, 0.15) is 13.8 Å². The zero-order valence-electron chi connectivity index (χ0n) is 17.6. The van der Waals surface area contributed by atoms with Gasteiger partial charge in [0, 0.05) is 43.0 Å². The van der Waals surface area contributed by atoms with Crippen LogP contribution in [0.15, 0.2) is 57.6 Å². The van der Waals surface area contributed by atoms with Crippen LogP contribution in [0.5, 0.6) is 0 Å². The standard InChI is InChI=1S/C23H19N5S4/c1-12-13(2)29-23(28(12)3)20-9-19-18(31-20)8-17(30-19)14-4-6-15(7-5-14)21-26-27-22(32-21)16(10-24)11-25/h4-10,24,26-27H,1-3H3/b17-14?,21-15?,22-16+,23-20+,24-10?. The van der Waals surface area contributed by atoms with E-state index in [4.69, 9.17) is 10.7 Å². The zero-order valence-corrected chi connectivity index (χ0v) is 20.8. The summed E-state index contributed by atoms with van der Waals surface area (Å²) in [4.78, 5) is 3.66. The first-order valence-corrected chi connectivity index (χ1v) is 13.1. The van der Waals surface area contributed by atoms with Crippen LogP contribution in [0, 0.1) is 26.5 Å². The molecule has 0 aliphatic carbocycles. The van der Waals surface area contributed by atoms with Crippen LogP contribution in [0.4, 0.5) is 0 Å². The third kappa shape index (κ3) is 3.63. The van der Waals surface area contributed by atoms with Gasteiger partial charge in [0.25, 0.3) is 0 Å². The third-order valence-electron chi connectivity index (χ3n) is 5.42. The van der Waals surface area contributed by atoms with E-state index in [-0.39, 0.29) is 0 Å². The molecule has 0 atom stereocenters. The SMILES string of the molecule is CC1=C(C)N(C)/C(=c2/cc3sc(=c4ccc(=C5NN/C(=C(\C#N)C=N)S5)cc4)cc3s2)S1. The van der Waals surface area contributed by atoms with E-state index in [9.17, 15) is 0 Å². The van der Waals surface area contributed by atoms with Crippen LogP contribution in [0.25, 0.3) is 19.5 Å². The van der Waals surface area contributed by atoms with Crippen molar-refractivity contribution < 1.29 is 0 Å². The maximum Gasteiger partial charge on any atom is 0.113 e. The molecule has 0 saturated carbocycles. The van der Waals surface area contributed by atoms with Crippen LogP contribution in [0.2, 0.25) is 0 Å². The second-order valence-corrected chi connectivity index (χ2v) is 11.7. The highest BCUT2D eigenvalue weighted by atomic mass is 32.2. The number of hydrogen-bond donors (Lipinski definition) is 3. The number of nitrogens with one attached hydrogen (secondary N) is 3. The molecule has 0 radical (unpaired) electrons. The molecule has 3 aromatic rings. The van der Waals surface area contributed by atoms with Crippen molar-refractivity contribution in [1.82, 2.24) is 15.8 Å². The summed E-state index contributed by atoms with van der Waals surface area (Å²) in [6.45, 7) is 4.36. The van der Waals surface area contributed by atoms with Gasteiger partial charge in [0.2, 0.25) is 0 Å². The molecular formula is C23H19N5S4. The van der Waals surface area contributed by atoms with Gasteiger partial charge >= 0.3 is 0 Å². The molecule has 1 fully saturated rings. The van der Waals surface area contributed by atoms with Crippen molar-refractivity contribution in [2.75, 3.05) is 7.05 Å². The molecule has 5 rings (SSSR count). The number of thiophene rings is 2. The minimum atomic E-state index is 0.314. The summed E-state index contributed by atoms with van der Waals surface area (Å²) in [5, 5.41) is 21.6. The number of nitriles is 1. The predicted octanol–water partition coefficient (Wildman–Crippen LogP) is 4.54. The fourth-order valence-electron chi connectivity index (χ4n) is 3.43. The summed E-state index contributed by atoms with van der Waals surface area (Å²) in [6, 6.07) is 15.1. The first-order valence-electron chi connectivity index (χ1n) is 9.80. The highest BCUT2D eigenvalue weighted by Gasteiger charge is 2.20. The molecule has 3 N–H and O–H groups in total. The summed E-state index contributed by atoms with van der Waals surface area (Å²) in [6.07, 6.45) is 1.07. The third-order valence-corrected chi connectivity index (χ3v) is 10.3. The first kappa shape index (κ1) is 21.2. The van der Waals surface area contributed by atoms with Gasteiger partial charge in [-0.05, 0) is 43.0 Å². The monoisotopic (exact) mass is 493 g/mol. The minimum Gasteiger partial charge on any atom is -0.341 e. The molecule has 5 nitrogen and oxygen atoms in total. The Morgan fingerprint density at radius 1 is 1.00 bits per heavy atom. The normalized spacial score (nSPS) is 19.3. The summed E-state index contributed by atoms with van der Waals surface area (Å²) < 4.78 is 5.24. The van der Waals surface area contributed by atoms with Crippen molar-refractivity contribution in [2.24, 2.45) is 0 Å². The summed E-state index contributed by atoms with van der Waals surface area (Å²) in [7, 11) is 2.14. The number of thioether (sulfide) groups is 2. The van der Waals surface area contributed by atoms with Crippen LogP contribution < -0.4 is 20.6 Å². The van der Waals surface area contributed by atoms with Gasteiger partial charge in [-0.25, -0.2) is 0 Å². The molecule has 1 aromatic carbocycles. The van der Waals surface area contributed by atoms with Gasteiger partial charge in [-0.3, -0.25) is 10.9 Å². The van der Waals surface area contributed by atoms with Crippen molar-refractivity contribution in [3.63, 3.8) is 0 Å². The van der Waals surface area contributed by atoms with Gasteiger partial charge in [0.1, 0.15) is 21.7 Å². The Kier molecular flexibility index (Phi) is 5.55. The van der Waals surface area contributed by atoms with Gasteiger partial charge in [-0.2, -0.15) is 5.26 Å². The van der Waals surface area contributed by atoms with Gasteiger partial charge in [-0.1, -0.05) is 36.0 Å². The molecule has 2 aromatic heterocycles.